The van der Waals surface area contributed by atoms with Crippen molar-refractivity contribution in [3.8, 4) is 11.5 Å². The molecule has 1 fully saturated rings. The van der Waals surface area contributed by atoms with E-state index in [0.717, 1.165) is 17.1 Å². The van der Waals surface area contributed by atoms with Crippen LogP contribution in [-0.4, -0.2) is 48.4 Å². The summed E-state index contributed by atoms with van der Waals surface area (Å²) >= 11 is 0. The minimum atomic E-state index is -0.428. The highest BCUT2D eigenvalue weighted by Crippen LogP contribution is 2.32. The summed E-state index contributed by atoms with van der Waals surface area (Å²) in [6.45, 7) is 1.23. The van der Waals surface area contributed by atoms with Crippen LogP contribution in [0.5, 0.6) is 11.5 Å². The van der Waals surface area contributed by atoms with Gasteiger partial charge in [0.25, 0.3) is 0 Å². The van der Waals surface area contributed by atoms with Gasteiger partial charge in [-0.15, -0.1) is 0 Å². The molecule has 20 heavy (non-hydrogen) atoms. The highest BCUT2D eigenvalue weighted by molar-refractivity contribution is 5.82. The van der Waals surface area contributed by atoms with Gasteiger partial charge in [-0.3, -0.25) is 4.79 Å². The van der Waals surface area contributed by atoms with Crippen LogP contribution in [0.2, 0.25) is 0 Å². The zero-order valence-electron chi connectivity index (χ0n) is 11.3. The molecule has 1 saturated heterocycles. The van der Waals surface area contributed by atoms with E-state index in [1.807, 2.05) is 18.2 Å². The third-order valence-corrected chi connectivity index (χ3v) is 3.64. The van der Waals surface area contributed by atoms with Gasteiger partial charge in [-0.2, -0.15) is 0 Å². The number of aliphatic hydroxyl groups is 1. The summed E-state index contributed by atoms with van der Waals surface area (Å²) in [5, 5.41) is 12.5. The molecule has 1 amide bonds. The molecule has 0 spiro atoms. The zero-order valence-corrected chi connectivity index (χ0v) is 11.3. The van der Waals surface area contributed by atoms with Crippen LogP contribution < -0.4 is 14.8 Å². The summed E-state index contributed by atoms with van der Waals surface area (Å²) in [5.74, 6) is 1.46. The lowest BCUT2D eigenvalue weighted by atomic mass is 10.1. The normalized spacial score (nSPS) is 23.9. The molecule has 6 heteroatoms. The van der Waals surface area contributed by atoms with Crippen LogP contribution in [0.25, 0.3) is 0 Å². The molecule has 1 aromatic carbocycles. The number of likely N-dealkylation sites (N-methyl/N-ethyl adjacent to an activating group) is 1. The molecule has 1 aromatic rings. The lowest BCUT2D eigenvalue weighted by molar-refractivity contribution is -0.132. The van der Waals surface area contributed by atoms with Crippen molar-refractivity contribution in [3.63, 3.8) is 0 Å². The monoisotopic (exact) mass is 278 g/mol. The number of β-amino-alcohol motifs (C(OH)–C–C–N with tert-alkyl or cyclic N) is 1. The van der Waals surface area contributed by atoms with Crippen LogP contribution in [0.15, 0.2) is 18.2 Å². The number of carbonyl (C=O) groups excluding carboxylic acids is 1. The highest BCUT2D eigenvalue weighted by Gasteiger charge is 2.30. The van der Waals surface area contributed by atoms with E-state index in [1.54, 1.807) is 11.9 Å². The molecule has 0 radical (unpaired) electrons. The maximum Gasteiger partial charge on any atom is 0.239 e. The van der Waals surface area contributed by atoms with E-state index >= 15 is 0 Å². The molecule has 2 unspecified atom stereocenters. The number of benzene rings is 1. The number of amides is 1. The van der Waals surface area contributed by atoms with Crippen molar-refractivity contribution in [2.75, 3.05) is 20.4 Å². The van der Waals surface area contributed by atoms with Crippen LogP contribution in [0.1, 0.15) is 12.0 Å². The van der Waals surface area contributed by atoms with E-state index in [1.165, 1.54) is 0 Å². The number of fused-ring (bicyclic) bond motifs is 1. The van der Waals surface area contributed by atoms with Gasteiger partial charge in [0.05, 0.1) is 12.1 Å². The molecule has 0 bridgehead atoms. The summed E-state index contributed by atoms with van der Waals surface area (Å²) in [6.07, 6.45) is 0.0486. The molecule has 0 aliphatic carbocycles. The van der Waals surface area contributed by atoms with E-state index in [0.29, 0.717) is 19.5 Å². The molecule has 108 valence electrons. The second-order valence-electron chi connectivity index (χ2n) is 5.23. The largest absolute Gasteiger partial charge is 0.454 e. The van der Waals surface area contributed by atoms with Crippen molar-refractivity contribution >= 4 is 5.91 Å². The molecule has 2 aliphatic heterocycles. The Morgan fingerprint density at radius 1 is 1.45 bits per heavy atom. The number of hydrogen-bond donors (Lipinski definition) is 2. The van der Waals surface area contributed by atoms with Gasteiger partial charge in [0.2, 0.25) is 12.7 Å². The fraction of sp³-hybridized carbons (Fsp3) is 0.500. The van der Waals surface area contributed by atoms with Crippen molar-refractivity contribution in [1.29, 1.82) is 0 Å². The molecule has 0 aromatic heterocycles. The molecule has 2 N–H and O–H groups in total. The topological polar surface area (TPSA) is 71.0 Å². The first kappa shape index (κ1) is 13.2. The third kappa shape index (κ3) is 2.57. The Kier molecular flexibility index (Phi) is 3.50. The number of rotatable bonds is 3. The van der Waals surface area contributed by atoms with Gasteiger partial charge in [-0.25, -0.2) is 0 Å². The number of carbonyl (C=O) groups is 1. The molecular weight excluding hydrogens is 260 g/mol. The number of nitrogens with zero attached hydrogens (tertiary/aromatic N) is 1. The van der Waals surface area contributed by atoms with Gasteiger partial charge in [-0.05, 0) is 24.1 Å². The Labute approximate surface area is 117 Å². The highest BCUT2D eigenvalue weighted by atomic mass is 16.7. The van der Waals surface area contributed by atoms with Crippen LogP contribution in [-0.2, 0) is 11.3 Å². The third-order valence-electron chi connectivity index (χ3n) is 3.64. The minimum absolute atomic E-state index is 0.000725. The van der Waals surface area contributed by atoms with Crippen molar-refractivity contribution in [2.24, 2.45) is 0 Å². The fourth-order valence-electron chi connectivity index (χ4n) is 2.56. The van der Waals surface area contributed by atoms with E-state index in [2.05, 4.69) is 5.32 Å². The first-order chi connectivity index (χ1) is 9.63. The standard InChI is InChI=1S/C14H18N2O4/c1-16(14(18)11-5-10(17)6-15-11)7-9-2-3-12-13(4-9)20-8-19-12/h2-4,10-11,15,17H,5-8H2,1H3. The summed E-state index contributed by atoms with van der Waals surface area (Å²) in [5.41, 5.74) is 0.989. The van der Waals surface area contributed by atoms with Crippen LogP contribution >= 0.6 is 0 Å². The number of nitrogens with one attached hydrogen (secondary N) is 1. The maximum absolute atomic E-state index is 12.2. The van der Waals surface area contributed by atoms with Gasteiger partial charge in [0.1, 0.15) is 0 Å². The van der Waals surface area contributed by atoms with Crippen molar-refractivity contribution in [2.45, 2.75) is 25.1 Å². The predicted octanol–water partition coefficient (Wildman–Crippen LogP) is 0.0965. The zero-order chi connectivity index (χ0) is 14.1. The Hall–Kier alpha value is -1.79. The van der Waals surface area contributed by atoms with Crippen molar-refractivity contribution in [3.05, 3.63) is 23.8 Å². The van der Waals surface area contributed by atoms with Gasteiger partial charge < -0.3 is 24.8 Å². The van der Waals surface area contributed by atoms with E-state index in [-0.39, 0.29) is 18.7 Å². The van der Waals surface area contributed by atoms with Crippen molar-refractivity contribution in [1.82, 2.24) is 10.2 Å². The quantitative estimate of drug-likeness (QED) is 0.820. The SMILES string of the molecule is CN(Cc1ccc2c(c1)OCO2)C(=O)C1CC(O)CN1. The molecule has 2 aliphatic rings. The molecule has 2 atom stereocenters. The smallest absolute Gasteiger partial charge is 0.239 e. The minimum Gasteiger partial charge on any atom is -0.454 e. The second-order valence-corrected chi connectivity index (χ2v) is 5.23. The summed E-state index contributed by atoms with van der Waals surface area (Å²) in [4.78, 5) is 13.9. The van der Waals surface area contributed by atoms with Crippen LogP contribution in [0.4, 0.5) is 0 Å². The van der Waals surface area contributed by atoms with Gasteiger partial charge in [0.15, 0.2) is 11.5 Å². The van der Waals surface area contributed by atoms with Crippen LogP contribution in [0, 0.1) is 0 Å². The lowest BCUT2D eigenvalue weighted by Gasteiger charge is -2.21. The van der Waals surface area contributed by atoms with E-state index in [4.69, 9.17) is 9.47 Å². The van der Waals surface area contributed by atoms with Gasteiger partial charge >= 0.3 is 0 Å². The van der Waals surface area contributed by atoms with Crippen LogP contribution in [0.3, 0.4) is 0 Å². The molecule has 0 saturated carbocycles. The molecule has 3 rings (SSSR count). The Bertz CT molecular complexity index is 520. The van der Waals surface area contributed by atoms with Gasteiger partial charge in [-0.1, -0.05) is 6.07 Å². The van der Waals surface area contributed by atoms with E-state index in [9.17, 15) is 9.90 Å². The second kappa shape index (κ2) is 5.30. The summed E-state index contributed by atoms with van der Waals surface area (Å²) < 4.78 is 10.6. The summed E-state index contributed by atoms with van der Waals surface area (Å²) in [6, 6.07) is 5.38. The molecular formula is C14H18N2O4. The average molecular weight is 278 g/mol. The maximum atomic E-state index is 12.2. The number of ether oxygens (including phenoxy) is 2. The van der Waals surface area contributed by atoms with Gasteiger partial charge in [0, 0.05) is 20.1 Å². The number of aliphatic hydroxyl groups excluding tert-OH is 1. The Morgan fingerprint density at radius 3 is 3.00 bits per heavy atom. The first-order valence-corrected chi connectivity index (χ1v) is 6.68. The lowest BCUT2D eigenvalue weighted by Crippen LogP contribution is -2.41. The van der Waals surface area contributed by atoms with E-state index < -0.39 is 6.10 Å². The predicted molar refractivity (Wildman–Crippen MR) is 71.5 cm³/mol. The van der Waals surface area contributed by atoms with Crippen molar-refractivity contribution < 1.29 is 19.4 Å². The average Bonchev–Trinajstić information content (AvgIpc) is 3.05. The Balaban J connectivity index is 1.63. The molecule has 6 nitrogen and oxygen atoms in total. The number of hydrogen-bond acceptors (Lipinski definition) is 5. The molecule has 2 heterocycles. The summed E-state index contributed by atoms with van der Waals surface area (Å²) in [7, 11) is 1.76. The fourth-order valence-corrected chi connectivity index (χ4v) is 2.56. The Morgan fingerprint density at radius 2 is 2.25 bits per heavy atom. The first-order valence-electron chi connectivity index (χ1n) is 6.68.